The van der Waals surface area contributed by atoms with E-state index >= 15 is 0 Å². The number of carboxylic acid groups (broad SMARTS) is 1. The van der Waals surface area contributed by atoms with Crippen molar-refractivity contribution >= 4 is 29.3 Å². The van der Waals surface area contributed by atoms with Crippen LogP contribution in [0.5, 0.6) is 0 Å². The van der Waals surface area contributed by atoms with Gasteiger partial charge < -0.3 is 10.0 Å². The van der Waals surface area contributed by atoms with Gasteiger partial charge in [0.05, 0.1) is 6.04 Å². The number of rotatable bonds is 4. The number of carboxylic acids is 1. The summed E-state index contributed by atoms with van der Waals surface area (Å²) in [6.07, 6.45) is 8.14. The van der Waals surface area contributed by atoms with Crippen LogP contribution in [0.3, 0.4) is 0 Å². The van der Waals surface area contributed by atoms with Crippen LogP contribution >= 0.6 is 11.3 Å². The van der Waals surface area contributed by atoms with Crippen molar-refractivity contribution in [3.63, 3.8) is 0 Å². The maximum atomic E-state index is 12.8. The van der Waals surface area contributed by atoms with Crippen LogP contribution in [0.2, 0.25) is 0 Å². The third kappa shape index (κ3) is 3.73. The quantitative estimate of drug-likeness (QED) is 0.890. The first-order valence-electron chi connectivity index (χ1n) is 7.96. The van der Waals surface area contributed by atoms with E-state index in [0.29, 0.717) is 6.54 Å². The highest BCUT2D eigenvalue weighted by Gasteiger charge is 2.26. The summed E-state index contributed by atoms with van der Waals surface area (Å²) in [5, 5.41) is 17.3. The molecule has 3 heterocycles. The van der Waals surface area contributed by atoms with Crippen LogP contribution in [0.1, 0.15) is 51.5 Å². The van der Waals surface area contributed by atoms with Crippen molar-refractivity contribution in [3.05, 3.63) is 45.9 Å². The lowest BCUT2D eigenvalue weighted by atomic mass is 10.1. The summed E-state index contributed by atoms with van der Waals surface area (Å²) >= 11 is 1.66. The molecule has 2 N–H and O–H groups in total. The minimum atomic E-state index is -1.12. The fraction of sp³-hybridized carbons (Fsp3) is 0.353. The normalized spacial score (nSPS) is 18.7. The van der Waals surface area contributed by atoms with E-state index in [2.05, 4.69) is 16.3 Å². The second-order valence-corrected chi connectivity index (χ2v) is 6.74. The standard InChI is InChI=1S/C17H19N3O3S/c21-16(14-11-15(17(22)23)19-18-14)20-9-3-1-2-5-12(20)7-8-13-6-4-10-24-13/h4,6-8,10-12H,1-3,5,9H2,(H,18,19)(H,22,23)/b8-7+. The fourth-order valence-corrected chi connectivity index (χ4v) is 3.49. The zero-order chi connectivity index (χ0) is 16.9. The summed E-state index contributed by atoms with van der Waals surface area (Å²) in [6, 6.07) is 5.34. The van der Waals surface area contributed by atoms with E-state index in [1.165, 1.54) is 6.07 Å². The van der Waals surface area contributed by atoms with Gasteiger partial charge in [-0.25, -0.2) is 4.79 Å². The molecule has 1 fully saturated rings. The molecule has 0 bridgehead atoms. The zero-order valence-corrected chi connectivity index (χ0v) is 14.0. The second kappa shape index (κ2) is 7.44. The van der Waals surface area contributed by atoms with Crippen molar-refractivity contribution in [2.45, 2.75) is 31.7 Å². The molecule has 126 valence electrons. The third-order valence-corrected chi connectivity index (χ3v) is 4.95. The number of H-pyrrole nitrogens is 1. The van der Waals surface area contributed by atoms with Gasteiger partial charge in [-0.1, -0.05) is 25.0 Å². The molecular weight excluding hydrogens is 326 g/mol. The highest BCUT2D eigenvalue weighted by atomic mass is 32.1. The highest BCUT2D eigenvalue weighted by Crippen LogP contribution is 2.22. The first-order valence-corrected chi connectivity index (χ1v) is 8.84. The largest absolute Gasteiger partial charge is 0.477 e. The molecule has 1 unspecified atom stereocenters. The molecule has 0 aliphatic carbocycles. The predicted molar refractivity (Wildman–Crippen MR) is 92.2 cm³/mol. The molecule has 1 aliphatic rings. The third-order valence-electron chi connectivity index (χ3n) is 4.11. The van der Waals surface area contributed by atoms with Crippen LogP contribution in [0.15, 0.2) is 29.7 Å². The number of likely N-dealkylation sites (tertiary alicyclic amines) is 1. The maximum absolute atomic E-state index is 12.8. The number of amides is 1. The first-order chi connectivity index (χ1) is 11.6. The number of nitrogens with zero attached hydrogens (tertiary/aromatic N) is 2. The Morgan fingerprint density at radius 2 is 2.25 bits per heavy atom. The Bertz CT molecular complexity index is 736. The van der Waals surface area contributed by atoms with E-state index in [0.717, 1.165) is 30.6 Å². The molecule has 1 saturated heterocycles. The van der Waals surface area contributed by atoms with E-state index in [1.807, 2.05) is 23.6 Å². The van der Waals surface area contributed by atoms with Crippen LogP contribution in [0.25, 0.3) is 6.08 Å². The van der Waals surface area contributed by atoms with Gasteiger partial charge in [-0.2, -0.15) is 5.10 Å². The van der Waals surface area contributed by atoms with Gasteiger partial charge in [0.15, 0.2) is 5.69 Å². The molecule has 1 atom stereocenters. The van der Waals surface area contributed by atoms with Gasteiger partial charge in [-0.05, 0) is 30.4 Å². The molecule has 1 amide bonds. The summed E-state index contributed by atoms with van der Waals surface area (Å²) in [5.74, 6) is -1.34. The molecular formula is C17H19N3O3S. The minimum Gasteiger partial charge on any atom is -0.477 e. The Hall–Kier alpha value is -2.41. The molecule has 24 heavy (non-hydrogen) atoms. The lowest BCUT2D eigenvalue weighted by Crippen LogP contribution is -2.39. The van der Waals surface area contributed by atoms with Gasteiger partial charge in [0.1, 0.15) is 5.69 Å². The second-order valence-electron chi connectivity index (χ2n) is 5.76. The summed E-state index contributed by atoms with van der Waals surface area (Å²) in [5.41, 5.74) is 0.0858. The number of aromatic amines is 1. The number of hydrogen-bond donors (Lipinski definition) is 2. The Balaban J connectivity index is 1.80. The van der Waals surface area contributed by atoms with Crippen LogP contribution in [-0.4, -0.2) is 44.7 Å². The Morgan fingerprint density at radius 3 is 2.96 bits per heavy atom. The number of thiophene rings is 1. The molecule has 0 radical (unpaired) electrons. The topological polar surface area (TPSA) is 86.3 Å². The minimum absolute atomic E-state index is 0.00655. The average Bonchev–Trinajstić information content (AvgIpc) is 3.21. The van der Waals surface area contributed by atoms with E-state index in [1.54, 1.807) is 16.2 Å². The van der Waals surface area contributed by atoms with Crippen molar-refractivity contribution in [2.75, 3.05) is 6.54 Å². The van der Waals surface area contributed by atoms with Gasteiger partial charge in [-0.15, -0.1) is 11.3 Å². The first kappa shape index (κ1) is 16.4. The Labute approximate surface area is 143 Å². The maximum Gasteiger partial charge on any atom is 0.353 e. The number of carbonyl (C=O) groups is 2. The molecule has 6 nitrogen and oxygen atoms in total. The van der Waals surface area contributed by atoms with E-state index in [9.17, 15) is 9.59 Å². The zero-order valence-electron chi connectivity index (χ0n) is 13.1. The van der Waals surface area contributed by atoms with Gasteiger partial charge in [0, 0.05) is 17.5 Å². The summed E-state index contributed by atoms with van der Waals surface area (Å²) in [7, 11) is 0. The monoisotopic (exact) mass is 345 g/mol. The predicted octanol–water partition coefficient (Wildman–Crippen LogP) is 3.27. The molecule has 2 aromatic heterocycles. The van der Waals surface area contributed by atoms with Crippen molar-refractivity contribution < 1.29 is 14.7 Å². The molecule has 1 aliphatic heterocycles. The number of carbonyl (C=O) groups excluding carboxylic acids is 1. The number of aromatic nitrogens is 2. The highest BCUT2D eigenvalue weighted by molar-refractivity contribution is 7.10. The lowest BCUT2D eigenvalue weighted by molar-refractivity contribution is 0.0689. The van der Waals surface area contributed by atoms with Crippen LogP contribution in [0, 0.1) is 0 Å². The Kier molecular flexibility index (Phi) is 5.10. The van der Waals surface area contributed by atoms with Gasteiger partial charge >= 0.3 is 5.97 Å². The van der Waals surface area contributed by atoms with E-state index in [-0.39, 0.29) is 23.3 Å². The molecule has 3 rings (SSSR count). The van der Waals surface area contributed by atoms with Gasteiger partial charge in [0.25, 0.3) is 5.91 Å². The number of nitrogens with one attached hydrogen (secondary N) is 1. The number of aromatic carboxylic acids is 1. The van der Waals surface area contributed by atoms with Gasteiger partial charge in [-0.3, -0.25) is 9.89 Å². The average molecular weight is 345 g/mol. The molecule has 0 saturated carbocycles. The van der Waals surface area contributed by atoms with Crippen molar-refractivity contribution in [3.8, 4) is 0 Å². The van der Waals surface area contributed by atoms with Crippen molar-refractivity contribution in [1.29, 1.82) is 0 Å². The molecule has 7 heteroatoms. The summed E-state index contributed by atoms with van der Waals surface area (Å²) < 4.78 is 0. The molecule has 0 aromatic carbocycles. The summed E-state index contributed by atoms with van der Waals surface area (Å²) in [6.45, 7) is 0.660. The van der Waals surface area contributed by atoms with E-state index < -0.39 is 5.97 Å². The van der Waals surface area contributed by atoms with Gasteiger partial charge in [0.2, 0.25) is 0 Å². The molecule has 0 spiro atoms. The number of hydrogen-bond acceptors (Lipinski definition) is 4. The van der Waals surface area contributed by atoms with Crippen LogP contribution in [0.4, 0.5) is 0 Å². The summed E-state index contributed by atoms with van der Waals surface area (Å²) in [4.78, 5) is 26.7. The van der Waals surface area contributed by atoms with Crippen molar-refractivity contribution in [1.82, 2.24) is 15.1 Å². The van der Waals surface area contributed by atoms with Crippen LogP contribution in [-0.2, 0) is 0 Å². The lowest BCUT2D eigenvalue weighted by Gasteiger charge is -2.27. The van der Waals surface area contributed by atoms with Crippen LogP contribution < -0.4 is 0 Å². The van der Waals surface area contributed by atoms with E-state index in [4.69, 9.17) is 5.11 Å². The molecule has 2 aromatic rings. The SMILES string of the molecule is O=C(O)c1cc(C(=O)N2CCCCCC2/C=C/c2cccs2)n[nH]1. The smallest absolute Gasteiger partial charge is 0.353 e. The van der Waals surface area contributed by atoms with Crippen molar-refractivity contribution in [2.24, 2.45) is 0 Å². The fourth-order valence-electron chi connectivity index (χ4n) is 2.87. The Morgan fingerprint density at radius 1 is 1.38 bits per heavy atom.